The molecule has 0 fully saturated rings. The predicted molar refractivity (Wildman–Crippen MR) is 89.0 cm³/mol. The highest BCUT2D eigenvalue weighted by Gasteiger charge is 2.15. The van der Waals surface area contributed by atoms with Crippen molar-refractivity contribution in [3.63, 3.8) is 0 Å². The van der Waals surface area contributed by atoms with Gasteiger partial charge in [0, 0.05) is 18.3 Å². The van der Waals surface area contributed by atoms with Crippen LogP contribution in [-0.2, 0) is 9.59 Å². The van der Waals surface area contributed by atoms with Crippen LogP contribution < -0.4 is 10.6 Å². The minimum atomic E-state index is -0.187. The van der Waals surface area contributed by atoms with Gasteiger partial charge in [-0.2, -0.15) is 0 Å². The number of carbonyl (C=O) groups excluding carboxylic acids is 2. The van der Waals surface area contributed by atoms with Crippen molar-refractivity contribution < 1.29 is 9.59 Å². The molecule has 1 heterocycles. The third-order valence-corrected chi connectivity index (χ3v) is 4.78. The molecule has 4 nitrogen and oxygen atoms in total. The lowest BCUT2D eigenvalue weighted by atomic mass is 10.2. The molecular weight excluding hydrogens is 304 g/mol. The fourth-order valence-corrected chi connectivity index (χ4v) is 3.62. The summed E-state index contributed by atoms with van der Waals surface area (Å²) in [7, 11) is 0. The second-order valence-electron chi connectivity index (χ2n) is 4.44. The number of thiophene rings is 1. The first-order valence-electron chi connectivity index (χ1n) is 6.43. The Kier molecular flexibility index (Phi) is 5.41. The number of amides is 2. The van der Waals surface area contributed by atoms with Gasteiger partial charge in [0.05, 0.1) is 9.46 Å². The Balaban J connectivity index is 1.97. The first-order chi connectivity index (χ1) is 10.0. The van der Waals surface area contributed by atoms with Gasteiger partial charge in [-0.05, 0) is 36.6 Å². The first-order valence-corrected chi connectivity index (χ1v) is 8.19. The molecule has 0 radical (unpaired) electrons. The second kappa shape index (κ2) is 7.28. The summed E-state index contributed by atoms with van der Waals surface area (Å²) in [4.78, 5) is 23.2. The van der Waals surface area contributed by atoms with Crippen molar-refractivity contribution in [2.24, 2.45) is 0 Å². The number of hydrogen-bond acceptors (Lipinski definition) is 4. The maximum Gasteiger partial charge on any atom is 0.237 e. The van der Waals surface area contributed by atoms with E-state index in [1.807, 2.05) is 24.4 Å². The molecule has 6 heteroatoms. The van der Waals surface area contributed by atoms with Gasteiger partial charge in [-0.15, -0.1) is 23.1 Å². The molecule has 1 atom stereocenters. The highest BCUT2D eigenvalue weighted by Crippen LogP contribution is 2.28. The summed E-state index contributed by atoms with van der Waals surface area (Å²) in [5.74, 6) is -0.200. The first kappa shape index (κ1) is 15.6. The van der Waals surface area contributed by atoms with E-state index in [-0.39, 0.29) is 17.1 Å². The van der Waals surface area contributed by atoms with E-state index in [1.165, 1.54) is 18.7 Å². The number of carbonyl (C=O) groups is 2. The van der Waals surface area contributed by atoms with Crippen LogP contribution in [0.5, 0.6) is 0 Å². The van der Waals surface area contributed by atoms with Crippen LogP contribution in [0, 0.1) is 0 Å². The molecule has 2 N–H and O–H groups in total. The molecule has 0 spiro atoms. The van der Waals surface area contributed by atoms with E-state index in [0.29, 0.717) is 11.4 Å². The maximum atomic E-state index is 12.2. The van der Waals surface area contributed by atoms with E-state index >= 15 is 0 Å². The molecule has 2 aromatic rings. The van der Waals surface area contributed by atoms with Crippen LogP contribution in [-0.4, -0.2) is 17.1 Å². The third kappa shape index (κ3) is 4.91. The SMILES string of the molecule is CC(=O)Nc1cccc(NC(=O)[C@H](C)Sc2cccs2)c1. The van der Waals surface area contributed by atoms with Crippen molar-refractivity contribution >= 4 is 46.3 Å². The van der Waals surface area contributed by atoms with Crippen molar-refractivity contribution in [1.82, 2.24) is 0 Å². The zero-order valence-electron chi connectivity index (χ0n) is 11.8. The lowest BCUT2D eigenvalue weighted by molar-refractivity contribution is -0.115. The van der Waals surface area contributed by atoms with Gasteiger partial charge in [-0.25, -0.2) is 0 Å². The Bertz CT molecular complexity index is 626. The molecular formula is C15H16N2O2S2. The molecule has 2 rings (SSSR count). The van der Waals surface area contributed by atoms with Crippen molar-refractivity contribution in [2.45, 2.75) is 23.3 Å². The Labute approximate surface area is 131 Å². The topological polar surface area (TPSA) is 58.2 Å². The summed E-state index contributed by atoms with van der Waals surface area (Å²) in [6.07, 6.45) is 0. The van der Waals surface area contributed by atoms with E-state index in [9.17, 15) is 9.59 Å². The third-order valence-electron chi connectivity index (χ3n) is 2.61. The van der Waals surface area contributed by atoms with Gasteiger partial charge in [0.25, 0.3) is 0 Å². The van der Waals surface area contributed by atoms with Gasteiger partial charge in [-0.3, -0.25) is 9.59 Å². The fraction of sp³-hybridized carbons (Fsp3) is 0.200. The fourth-order valence-electron chi connectivity index (χ4n) is 1.68. The molecule has 0 aliphatic rings. The molecule has 0 bridgehead atoms. The largest absolute Gasteiger partial charge is 0.326 e. The van der Waals surface area contributed by atoms with Crippen LogP contribution in [0.1, 0.15) is 13.8 Å². The smallest absolute Gasteiger partial charge is 0.237 e. The van der Waals surface area contributed by atoms with Crippen molar-refractivity contribution in [1.29, 1.82) is 0 Å². The predicted octanol–water partition coefficient (Wildman–Crippen LogP) is 3.83. The normalized spacial score (nSPS) is 11.7. The Morgan fingerprint density at radius 2 is 1.86 bits per heavy atom. The molecule has 1 aromatic carbocycles. The number of anilines is 2. The molecule has 0 saturated carbocycles. The highest BCUT2D eigenvalue weighted by molar-refractivity contribution is 8.02. The Morgan fingerprint density at radius 3 is 2.48 bits per heavy atom. The van der Waals surface area contributed by atoms with E-state index in [1.54, 1.807) is 35.6 Å². The molecule has 1 aromatic heterocycles. The summed E-state index contributed by atoms with van der Waals surface area (Å²) in [5, 5.41) is 7.35. The van der Waals surface area contributed by atoms with Crippen LogP contribution in [0.4, 0.5) is 11.4 Å². The number of nitrogens with one attached hydrogen (secondary N) is 2. The number of hydrogen-bond donors (Lipinski definition) is 2. The minimum Gasteiger partial charge on any atom is -0.326 e. The van der Waals surface area contributed by atoms with Crippen molar-refractivity contribution in [2.75, 3.05) is 10.6 Å². The van der Waals surface area contributed by atoms with Gasteiger partial charge in [0.1, 0.15) is 0 Å². The van der Waals surface area contributed by atoms with Crippen LogP contribution in [0.15, 0.2) is 46.0 Å². The molecule has 0 saturated heterocycles. The maximum absolute atomic E-state index is 12.2. The quantitative estimate of drug-likeness (QED) is 0.823. The zero-order chi connectivity index (χ0) is 15.2. The summed E-state index contributed by atoms with van der Waals surface area (Å²) in [6.45, 7) is 3.32. The summed E-state index contributed by atoms with van der Waals surface area (Å²) < 4.78 is 1.12. The molecule has 2 amide bonds. The molecule has 0 unspecified atom stereocenters. The monoisotopic (exact) mass is 320 g/mol. The number of thioether (sulfide) groups is 1. The van der Waals surface area contributed by atoms with E-state index in [2.05, 4.69) is 10.6 Å². The summed E-state index contributed by atoms with van der Waals surface area (Å²) >= 11 is 3.15. The lowest BCUT2D eigenvalue weighted by Crippen LogP contribution is -2.22. The standard InChI is InChI=1S/C15H16N2O2S2/c1-10(21-14-7-4-8-20-14)15(19)17-13-6-3-5-12(9-13)16-11(2)18/h3-10H,1-2H3,(H,16,18)(H,17,19)/t10-/m0/s1. The van der Waals surface area contributed by atoms with Crippen molar-refractivity contribution in [3.05, 3.63) is 41.8 Å². The van der Waals surface area contributed by atoms with Gasteiger partial charge >= 0.3 is 0 Å². The van der Waals surface area contributed by atoms with Gasteiger partial charge < -0.3 is 10.6 Å². The van der Waals surface area contributed by atoms with Gasteiger partial charge in [0.2, 0.25) is 11.8 Å². The van der Waals surface area contributed by atoms with Gasteiger partial charge in [-0.1, -0.05) is 12.1 Å². The van der Waals surface area contributed by atoms with E-state index in [4.69, 9.17) is 0 Å². The number of rotatable bonds is 5. The lowest BCUT2D eigenvalue weighted by Gasteiger charge is -2.12. The molecule has 21 heavy (non-hydrogen) atoms. The Morgan fingerprint density at radius 1 is 1.14 bits per heavy atom. The number of benzene rings is 1. The average Bonchev–Trinajstić information content (AvgIpc) is 2.91. The minimum absolute atomic E-state index is 0.0617. The molecule has 0 aliphatic heterocycles. The molecule has 0 aliphatic carbocycles. The highest BCUT2D eigenvalue weighted by atomic mass is 32.2. The van der Waals surface area contributed by atoms with E-state index in [0.717, 1.165) is 4.21 Å². The molecule has 110 valence electrons. The van der Waals surface area contributed by atoms with Crippen LogP contribution in [0.2, 0.25) is 0 Å². The van der Waals surface area contributed by atoms with Crippen molar-refractivity contribution in [3.8, 4) is 0 Å². The summed E-state index contributed by atoms with van der Waals surface area (Å²) in [6, 6.07) is 11.1. The average molecular weight is 320 g/mol. The van der Waals surface area contributed by atoms with Crippen LogP contribution >= 0.6 is 23.1 Å². The summed E-state index contributed by atoms with van der Waals surface area (Å²) in [5.41, 5.74) is 1.34. The van der Waals surface area contributed by atoms with Crippen LogP contribution in [0.3, 0.4) is 0 Å². The van der Waals surface area contributed by atoms with Gasteiger partial charge in [0.15, 0.2) is 0 Å². The van der Waals surface area contributed by atoms with Crippen LogP contribution in [0.25, 0.3) is 0 Å². The second-order valence-corrected chi connectivity index (χ2v) is 7.03. The van der Waals surface area contributed by atoms with E-state index < -0.39 is 0 Å². The zero-order valence-corrected chi connectivity index (χ0v) is 13.4. The Hall–Kier alpha value is -1.79.